The van der Waals surface area contributed by atoms with E-state index >= 15 is 0 Å². The van der Waals surface area contributed by atoms with Crippen molar-refractivity contribution >= 4 is 17.4 Å². The molecule has 0 amide bonds. The Morgan fingerprint density at radius 3 is 2.47 bits per heavy atom. The highest BCUT2D eigenvalue weighted by Crippen LogP contribution is 2.23. The summed E-state index contributed by atoms with van der Waals surface area (Å²) in [6.45, 7) is -0.345. The molecule has 3 rings (SSSR count). The van der Waals surface area contributed by atoms with E-state index in [9.17, 15) is 27.6 Å². The first-order valence-corrected chi connectivity index (χ1v) is 10.1. The third kappa shape index (κ3) is 6.68. The summed E-state index contributed by atoms with van der Waals surface area (Å²) in [4.78, 5) is 40.6. The van der Waals surface area contributed by atoms with Crippen molar-refractivity contribution in [3.63, 3.8) is 0 Å². The Labute approximate surface area is 184 Å². The molecular formula is C21H19ClF3N3O4. The maximum Gasteiger partial charge on any atom is 0.389 e. The van der Waals surface area contributed by atoms with Crippen LogP contribution >= 0.6 is 11.6 Å². The number of aryl methyl sites for hydroxylation is 2. The van der Waals surface area contributed by atoms with E-state index in [1.54, 1.807) is 24.3 Å². The quantitative estimate of drug-likeness (QED) is 0.512. The molecule has 0 spiro atoms. The Morgan fingerprint density at radius 1 is 1.12 bits per heavy atom. The first kappa shape index (κ1) is 23.5. The highest BCUT2D eigenvalue weighted by atomic mass is 35.5. The van der Waals surface area contributed by atoms with Gasteiger partial charge < -0.3 is 4.52 Å². The maximum atomic E-state index is 12.7. The standard InChI is InChI=1S/C21H19ClF3N3O4/c22-14-5-3-13(4-6-14)17-11-20(31)28(18(26-17)2-1-9-21(23,24)25)12-15(29)7-8-16-10-19(30)27-32-16/h3-6,10-11H,1-2,7-9,12H2,(H,27,30). The van der Waals surface area contributed by atoms with Crippen LogP contribution in [0.1, 0.15) is 30.8 Å². The molecule has 0 aliphatic rings. The number of Topliss-reactive ketones (excluding diaryl/α,β-unsaturated/α-hetero) is 1. The van der Waals surface area contributed by atoms with E-state index in [1.807, 2.05) is 0 Å². The lowest BCUT2D eigenvalue weighted by atomic mass is 10.1. The second-order valence-electron chi connectivity index (χ2n) is 7.18. The van der Waals surface area contributed by atoms with Crippen LogP contribution in [0.5, 0.6) is 0 Å². The number of ketones is 1. The molecular weight excluding hydrogens is 451 g/mol. The average Bonchev–Trinajstić information content (AvgIpc) is 3.13. The zero-order valence-electron chi connectivity index (χ0n) is 16.7. The summed E-state index contributed by atoms with van der Waals surface area (Å²) in [5, 5.41) is 2.60. The van der Waals surface area contributed by atoms with Crippen LogP contribution in [0.4, 0.5) is 13.2 Å². The number of rotatable bonds is 9. The first-order valence-electron chi connectivity index (χ1n) is 9.73. The van der Waals surface area contributed by atoms with Crippen LogP contribution in [0.25, 0.3) is 11.3 Å². The minimum atomic E-state index is -4.34. The lowest BCUT2D eigenvalue weighted by Crippen LogP contribution is -2.28. The average molecular weight is 470 g/mol. The monoisotopic (exact) mass is 469 g/mol. The smallest absolute Gasteiger partial charge is 0.384 e. The molecule has 0 saturated heterocycles. The molecule has 7 nitrogen and oxygen atoms in total. The van der Waals surface area contributed by atoms with Crippen molar-refractivity contribution in [2.75, 3.05) is 0 Å². The molecule has 3 aromatic rings. The normalized spacial score (nSPS) is 11.6. The maximum absolute atomic E-state index is 12.7. The molecule has 11 heteroatoms. The van der Waals surface area contributed by atoms with Crippen LogP contribution in [0.3, 0.4) is 0 Å². The van der Waals surface area contributed by atoms with Crippen molar-refractivity contribution in [2.24, 2.45) is 0 Å². The molecule has 0 atom stereocenters. The van der Waals surface area contributed by atoms with Gasteiger partial charge in [-0.3, -0.25) is 19.0 Å². The fourth-order valence-corrected chi connectivity index (χ4v) is 3.22. The van der Waals surface area contributed by atoms with Gasteiger partial charge in [0.2, 0.25) is 0 Å². The number of hydrogen-bond acceptors (Lipinski definition) is 5. The van der Waals surface area contributed by atoms with Crippen molar-refractivity contribution in [2.45, 2.75) is 44.8 Å². The summed E-state index contributed by atoms with van der Waals surface area (Å²) < 4.78 is 43.8. The number of halogens is 4. The summed E-state index contributed by atoms with van der Waals surface area (Å²) in [6.07, 6.45) is -5.65. The predicted molar refractivity (Wildman–Crippen MR) is 111 cm³/mol. The van der Waals surface area contributed by atoms with Crippen molar-refractivity contribution < 1.29 is 22.5 Å². The topological polar surface area (TPSA) is 98.0 Å². The molecule has 0 aliphatic heterocycles. The number of H-pyrrole nitrogens is 1. The zero-order valence-corrected chi connectivity index (χ0v) is 17.5. The van der Waals surface area contributed by atoms with E-state index in [2.05, 4.69) is 10.1 Å². The third-order valence-corrected chi connectivity index (χ3v) is 4.90. The number of aromatic nitrogens is 3. The predicted octanol–water partition coefficient (Wildman–Crippen LogP) is 3.93. The van der Waals surface area contributed by atoms with Crippen molar-refractivity contribution in [1.29, 1.82) is 0 Å². The third-order valence-electron chi connectivity index (χ3n) is 4.65. The van der Waals surface area contributed by atoms with Gasteiger partial charge in [-0.1, -0.05) is 23.7 Å². The SMILES string of the molecule is O=C(CCc1cc(=O)[nH]o1)Cn1c(CCCC(F)(F)F)nc(-c2ccc(Cl)cc2)cc1=O. The van der Waals surface area contributed by atoms with E-state index in [0.29, 0.717) is 10.6 Å². The van der Waals surface area contributed by atoms with Gasteiger partial charge in [0.05, 0.1) is 12.2 Å². The summed E-state index contributed by atoms with van der Waals surface area (Å²) >= 11 is 5.87. The van der Waals surface area contributed by atoms with Gasteiger partial charge in [-0.25, -0.2) is 4.98 Å². The number of carbonyl (C=O) groups excluding carboxylic acids is 1. The van der Waals surface area contributed by atoms with Crippen molar-refractivity contribution in [3.05, 3.63) is 73.7 Å². The zero-order chi connectivity index (χ0) is 23.3. The van der Waals surface area contributed by atoms with Crippen LogP contribution in [0.15, 0.2) is 50.5 Å². The van der Waals surface area contributed by atoms with E-state index in [-0.39, 0.29) is 55.3 Å². The summed E-state index contributed by atoms with van der Waals surface area (Å²) in [5.74, 6) is 0.0274. The Bertz CT molecular complexity index is 1200. The van der Waals surface area contributed by atoms with Crippen molar-refractivity contribution in [1.82, 2.24) is 14.7 Å². The molecule has 0 saturated carbocycles. The molecule has 170 valence electrons. The molecule has 0 radical (unpaired) electrons. The van der Waals surface area contributed by atoms with E-state index in [1.165, 1.54) is 12.1 Å². The number of carbonyl (C=O) groups is 1. The van der Waals surface area contributed by atoms with Crippen LogP contribution < -0.4 is 11.1 Å². The van der Waals surface area contributed by atoms with Crippen LogP contribution in [0, 0.1) is 0 Å². The fraction of sp³-hybridized carbons (Fsp3) is 0.333. The number of alkyl halides is 3. The van der Waals surface area contributed by atoms with Crippen LogP contribution in [0.2, 0.25) is 5.02 Å². The Morgan fingerprint density at radius 2 is 1.84 bits per heavy atom. The Kier molecular flexibility index (Phi) is 7.34. The number of nitrogens with zero attached hydrogens (tertiary/aromatic N) is 2. The lowest BCUT2D eigenvalue weighted by molar-refractivity contribution is -0.135. The largest absolute Gasteiger partial charge is 0.389 e. The van der Waals surface area contributed by atoms with Gasteiger partial charge in [0.25, 0.3) is 11.1 Å². The van der Waals surface area contributed by atoms with E-state index in [0.717, 1.165) is 4.57 Å². The second kappa shape index (κ2) is 9.99. The lowest BCUT2D eigenvalue weighted by Gasteiger charge is -2.14. The summed E-state index contributed by atoms with van der Waals surface area (Å²) in [7, 11) is 0. The summed E-state index contributed by atoms with van der Waals surface area (Å²) in [5.41, 5.74) is -0.123. The Balaban J connectivity index is 1.83. The summed E-state index contributed by atoms with van der Waals surface area (Å²) in [6, 6.07) is 8.94. The molecule has 0 bridgehead atoms. The highest BCUT2D eigenvalue weighted by Gasteiger charge is 2.26. The van der Waals surface area contributed by atoms with Crippen LogP contribution in [-0.2, 0) is 24.2 Å². The minimum absolute atomic E-state index is 0.0197. The fourth-order valence-electron chi connectivity index (χ4n) is 3.09. The molecule has 0 aliphatic carbocycles. The first-order chi connectivity index (χ1) is 15.1. The van der Waals surface area contributed by atoms with Gasteiger partial charge in [0.15, 0.2) is 5.78 Å². The van der Waals surface area contributed by atoms with Gasteiger partial charge in [0.1, 0.15) is 11.6 Å². The molecule has 1 aromatic carbocycles. The minimum Gasteiger partial charge on any atom is -0.384 e. The molecule has 32 heavy (non-hydrogen) atoms. The Hall–Kier alpha value is -3.14. The number of aromatic amines is 1. The molecule has 1 N–H and O–H groups in total. The van der Waals surface area contributed by atoms with E-state index < -0.39 is 23.7 Å². The highest BCUT2D eigenvalue weighted by molar-refractivity contribution is 6.30. The van der Waals surface area contributed by atoms with E-state index in [4.69, 9.17) is 16.1 Å². The van der Waals surface area contributed by atoms with Gasteiger partial charge in [-0.15, -0.1) is 0 Å². The van der Waals surface area contributed by atoms with Crippen molar-refractivity contribution in [3.8, 4) is 11.3 Å². The molecule has 0 fully saturated rings. The van der Waals surface area contributed by atoms with Gasteiger partial charge in [0, 0.05) is 48.4 Å². The number of nitrogens with one attached hydrogen (secondary N) is 1. The molecule has 2 heterocycles. The van der Waals surface area contributed by atoms with Gasteiger partial charge in [-0.05, 0) is 18.6 Å². The molecule has 2 aromatic heterocycles. The number of hydrogen-bond donors (Lipinski definition) is 1. The van der Waals surface area contributed by atoms with Gasteiger partial charge >= 0.3 is 6.18 Å². The van der Waals surface area contributed by atoms with Crippen LogP contribution in [-0.4, -0.2) is 26.7 Å². The molecule has 0 unspecified atom stereocenters. The van der Waals surface area contributed by atoms with Gasteiger partial charge in [-0.2, -0.15) is 18.3 Å². The number of benzene rings is 1. The second-order valence-corrected chi connectivity index (χ2v) is 7.61.